The average Bonchev–Trinajstić information content (AvgIpc) is 2.97. The van der Waals surface area contributed by atoms with Crippen LogP contribution in [0.2, 0.25) is 0 Å². The summed E-state index contributed by atoms with van der Waals surface area (Å²) in [6, 6.07) is 9.53. The maximum absolute atomic E-state index is 14.1. The van der Waals surface area contributed by atoms with Crippen LogP contribution in [0.25, 0.3) is 0 Å². The van der Waals surface area contributed by atoms with Gasteiger partial charge in [0.15, 0.2) is 12.3 Å². The molecule has 11 heteroatoms. The first-order valence-corrected chi connectivity index (χ1v) is 14.5. The summed E-state index contributed by atoms with van der Waals surface area (Å²) in [5, 5.41) is 22.7. The van der Waals surface area contributed by atoms with E-state index in [-0.39, 0.29) is 38.3 Å². The van der Waals surface area contributed by atoms with E-state index in [0.717, 1.165) is 11.1 Å². The molecule has 1 aromatic rings. The van der Waals surface area contributed by atoms with Crippen LogP contribution < -0.4 is 5.32 Å². The standard InChI is InChI=1S/C31H47NO10/c1-18-14-31(37-7,42-20(3)19(18)2)27(38-16-21-11-9-8-10-12-21)28(35)32-29-25-24(39-17-40-29)26(36-6)30(4,5)23(41-25)13-22(34)15-33/h8-12,19-20,22-27,29,33-34H,1,13-17H2,2-7H3,(H,32,35)/t19-,20-,22-,23-,24+,25+,26-,27-,29-,31-/m1/s1. The van der Waals surface area contributed by atoms with E-state index in [9.17, 15) is 15.0 Å². The van der Waals surface area contributed by atoms with Gasteiger partial charge < -0.3 is 48.7 Å². The monoisotopic (exact) mass is 593 g/mol. The maximum Gasteiger partial charge on any atom is 0.256 e. The summed E-state index contributed by atoms with van der Waals surface area (Å²) in [5.41, 5.74) is 1.19. The molecule has 3 heterocycles. The van der Waals surface area contributed by atoms with Crippen LogP contribution in [0.4, 0.5) is 0 Å². The van der Waals surface area contributed by atoms with Crippen molar-refractivity contribution in [1.82, 2.24) is 5.32 Å². The molecule has 3 saturated heterocycles. The first-order chi connectivity index (χ1) is 20.0. The van der Waals surface area contributed by atoms with Gasteiger partial charge in [0, 0.05) is 38.4 Å². The lowest BCUT2D eigenvalue weighted by molar-refractivity contribution is -0.333. The van der Waals surface area contributed by atoms with Crippen molar-refractivity contribution < 1.29 is 48.2 Å². The average molecular weight is 594 g/mol. The van der Waals surface area contributed by atoms with Crippen molar-refractivity contribution in [3.8, 4) is 0 Å². The van der Waals surface area contributed by atoms with Crippen molar-refractivity contribution in [2.75, 3.05) is 27.6 Å². The summed E-state index contributed by atoms with van der Waals surface area (Å²) in [7, 11) is 3.09. The van der Waals surface area contributed by atoms with Crippen molar-refractivity contribution in [3.05, 3.63) is 48.0 Å². The normalized spacial score (nSPS) is 36.1. The van der Waals surface area contributed by atoms with E-state index in [1.807, 2.05) is 58.0 Å². The smallest absolute Gasteiger partial charge is 0.256 e. The molecule has 42 heavy (non-hydrogen) atoms. The number of methoxy groups -OCH3 is 2. The second kappa shape index (κ2) is 13.8. The third kappa shape index (κ3) is 6.74. The molecule has 3 aliphatic rings. The number of amides is 1. The van der Waals surface area contributed by atoms with Gasteiger partial charge in [0.2, 0.25) is 5.79 Å². The summed E-state index contributed by atoms with van der Waals surface area (Å²) in [4.78, 5) is 14.1. The Kier molecular flexibility index (Phi) is 10.8. The highest BCUT2D eigenvalue weighted by molar-refractivity contribution is 5.82. The van der Waals surface area contributed by atoms with Crippen LogP contribution in [0.5, 0.6) is 0 Å². The zero-order valence-corrected chi connectivity index (χ0v) is 25.5. The molecule has 1 amide bonds. The Morgan fingerprint density at radius 1 is 1.17 bits per heavy atom. The number of carbonyl (C=O) groups is 1. The Hall–Kier alpha value is -1.93. The summed E-state index contributed by atoms with van der Waals surface area (Å²) in [6.07, 6.45) is -5.27. The molecule has 0 aromatic heterocycles. The lowest BCUT2D eigenvalue weighted by atomic mass is 9.72. The number of aliphatic hydroxyl groups is 2. The van der Waals surface area contributed by atoms with Crippen LogP contribution in [0.15, 0.2) is 42.5 Å². The van der Waals surface area contributed by atoms with Gasteiger partial charge in [-0.2, -0.15) is 0 Å². The summed E-state index contributed by atoms with van der Waals surface area (Å²) < 4.78 is 42.7. The molecule has 3 aliphatic heterocycles. The number of benzene rings is 1. The summed E-state index contributed by atoms with van der Waals surface area (Å²) >= 11 is 0. The molecule has 10 atom stereocenters. The van der Waals surface area contributed by atoms with E-state index >= 15 is 0 Å². The van der Waals surface area contributed by atoms with Crippen LogP contribution >= 0.6 is 0 Å². The first kappa shape index (κ1) is 33.0. The number of hydrogen-bond donors (Lipinski definition) is 3. The fourth-order valence-corrected chi connectivity index (χ4v) is 6.20. The fraction of sp³-hybridized carbons (Fsp3) is 0.710. The van der Waals surface area contributed by atoms with Crippen molar-refractivity contribution in [1.29, 1.82) is 0 Å². The molecule has 0 radical (unpaired) electrons. The fourth-order valence-electron chi connectivity index (χ4n) is 6.20. The van der Waals surface area contributed by atoms with E-state index in [0.29, 0.717) is 0 Å². The Morgan fingerprint density at radius 3 is 2.50 bits per heavy atom. The van der Waals surface area contributed by atoms with Crippen LogP contribution in [-0.4, -0.2) is 98.5 Å². The van der Waals surface area contributed by atoms with E-state index in [1.54, 1.807) is 7.11 Å². The Bertz CT molecular complexity index is 1050. The molecule has 3 fully saturated rings. The molecule has 1 aromatic carbocycles. The van der Waals surface area contributed by atoms with Crippen molar-refractivity contribution in [2.45, 2.75) is 102 Å². The quantitative estimate of drug-likeness (QED) is 0.328. The second-order valence-electron chi connectivity index (χ2n) is 12.1. The highest BCUT2D eigenvalue weighted by Crippen LogP contribution is 2.44. The Balaban J connectivity index is 1.61. The topological polar surface area (TPSA) is 134 Å². The molecule has 0 bridgehead atoms. The number of fused-ring (bicyclic) bond motifs is 1. The largest absolute Gasteiger partial charge is 0.394 e. The minimum Gasteiger partial charge on any atom is -0.394 e. The van der Waals surface area contributed by atoms with Gasteiger partial charge >= 0.3 is 0 Å². The highest BCUT2D eigenvalue weighted by atomic mass is 16.7. The molecular weight excluding hydrogens is 546 g/mol. The number of ether oxygens (including phenoxy) is 7. The van der Waals surface area contributed by atoms with Gasteiger partial charge in [0.05, 0.1) is 37.6 Å². The van der Waals surface area contributed by atoms with Crippen LogP contribution in [0.1, 0.15) is 46.1 Å². The second-order valence-corrected chi connectivity index (χ2v) is 12.1. The van der Waals surface area contributed by atoms with Crippen LogP contribution in [0.3, 0.4) is 0 Å². The molecule has 236 valence electrons. The predicted molar refractivity (Wildman–Crippen MR) is 152 cm³/mol. The molecule has 3 N–H and O–H groups in total. The van der Waals surface area contributed by atoms with Crippen molar-refractivity contribution >= 4 is 5.91 Å². The van der Waals surface area contributed by atoms with Gasteiger partial charge in [0.25, 0.3) is 5.91 Å². The van der Waals surface area contributed by atoms with E-state index in [1.165, 1.54) is 7.11 Å². The van der Waals surface area contributed by atoms with Crippen LogP contribution in [0, 0.1) is 11.3 Å². The zero-order valence-electron chi connectivity index (χ0n) is 25.5. The number of nitrogens with one attached hydrogen (secondary N) is 1. The van der Waals surface area contributed by atoms with E-state index < -0.39 is 66.6 Å². The number of aliphatic hydroxyl groups excluding tert-OH is 2. The number of carbonyl (C=O) groups excluding carboxylic acids is 1. The molecule has 0 unspecified atom stereocenters. The van der Waals surface area contributed by atoms with E-state index in [2.05, 4.69) is 11.9 Å². The minimum atomic E-state index is -1.43. The van der Waals surface area contributed by atoms with Crippen molar-refractivity contribution in [3.63, 3.8) is 0 Å². The first-order valence-electron chi connectivity index (χ1n) is 14.5. The molecule has 0 aliphatic carbocycles. The third-order valence-electron chi connectivity index (χ3n) is 9.00. The van der Waals surface area contributed by atoms with Gasteiger partial charge in [-0.15, -0.1) is 0 Å². The van der Waals surface area contributed by atoms with Crippen molar-refractivity contribution in [2.24, 2.45) is 11.3 Å². The maximum atomic E-state index is 14.1. The molecule has 0 saturated carbocycles. The zero-order chi connectivity index (χ0) is 30.7. The SMILES string of the molecule is C=C1C[C@](OC)([C@H](OCc2ccccc2)C(=O)N[C@@H]2OCO[C@H]3[C@@H]2O[C@H](C[C@@H](O)CO)C(C)(C)[C@@H]3OC)O[C@H](C)[C@@H]1C. The van der Waals surface area contributed by atoms with Gasteiger partial charge in [-0.3, -0.25) is 4.79 Å². The molecular formula is C31H47NO10. The number of hydrogen-bond acceptors (Lipinski definition) is 10. The minimum absolute atomic E-state index is 0.0712. The van der Waals surface area contributed by atoms with Gasteiger partial charge in [0.1, 0.15) is 19.0 Å². The van der Waals surface area contributed by atoms with Gasteiger partial charge in [-0.05, 0) is 12.5 Å². The molecule has 0 spiro atoms. The lowest BCUT2D eigenvalue weighted by Crippen LogP contribution is -2.69. The summed E-state index contributed by atoms with van der Waals surface area (Å²) in [6.45, 7) is 11.7. The van der Waals surface area contributed by atoms with Gasteiger partial charge in [-0.25, -0.2) is 0 Å². The Labute approximate surface area is 248 Å². The highest BCUT2D eigenvalue weighted by Gasteiger charge is 2.57. The predicted octanol–water partition coefficient (Wildman–Crippen LogP) is 2.28. The third-order valence-corrected chi connectivity index (χ3v) is 9.00. The van der Waals surface area contributed by atoms with Gasteiger partial charge in [-0.1, -0.05) is 63.3 Å². The van der Waals surface area contributed by atoms with E-state index in [4.69, 9.17) is 33.2 Å². The summed E-state index contributed by atoms with van der Waals surface area (Å²) in [5.74, 6) is -1.87. The lowest BCUT2D eigenvalue weighted by Gasteiger charge is -2.54. The number of rotatable bonds is 11. The van der Waals surface area contributed by atoms with Crippen LogP contribution in [-0.2, 0) is 44.6 Å². The molecule has 11 nitrogen and oxygen atoms in total. The Morgan fingerprint density at radius 2 is 1.88 bits per heavy atom. The molecule has 4 rings (SSSR count).